The molecule has 1 aromatic carbocycles. The van der Waals surface area contributed by atoms with Crippen LogP contribution in [-0.2, 0) is 15.6 Å². The molecule has 2 heterocycles. The molecule has 126 valence electrons. The lowest BCUT2D eigenvalue weighted by Gasteiger charge is -2.03. The first-order chi connectivity index (χ1) is 11.3. The van der Waals surface area contributed by atoms with Gasteiger partial charge in [-0.2, -0.15) is 0 Å². The van der Waals surface area contributed by atoms with Crippen molar-refractivity contribution in [3.63, 3.8) is 0 Å². The van der Waals surface area contributed by atoms with Crippen molar-refractivity contribution in [2.24, 2.45) is 0 Å². The largest absolute Gasteiger partial charge is 0.309 e. The molecule has 0 aliphatic carbocycles. The second kappa shape index (κ2) is 6.34. The van der Waals surface area contributed by atoms with Crippen molar-refractivity contribution < 1.29 is 8.42 Å². The highest BCUT2D eigenvalue weighted by atomic mass is 32.2. The van der Waals surface area contributed by atoms with Gasteiger partial charge in [-0.15, -0.1) is 23.1 Å². The Bertz CT molecular complexity index is 1060. The summed E-state index contributed by atoms with van der Waals surface area (Å²) in [5.41, 5.74) is 0.879. The van der Waals surface area contributed by atoms with Gasteiger partial charge in [-0.3, -0.25) is 4.79 Å². The van der Waals surface area contributed by atoms with E-state index < -0.39 is 9.84 Å². The number of hydrogen-bond donors (Lipinski definition) is 1. The molecule has 1 N–H and O–H groups in total. The van der Waals surface area contributed by atoms with Gasteiger partial charge in [0.15, 0.2) is 9.84 Å². The van der Waals surface area contributed by atoms with Crippen LogP contribution < -0.4 is 5.56 Å². The van der Waals surface area contributed by atoms with E-state index >= 15 is 0 Å². The summed E-state index contributed by atoms with van der Waals surface area (Å²) in [6.07, 6.45) is 1.18. The number of aromatic amines is 1. The minimum absolute atomic E-state index is 0.107. The van der Waals surface area contributed by atoms with Gasteiger partial charge in [0.05, 0.1) is 16.0 Å². The number of nitrogens with zero attached hydrogens (tertiary/aromatic N) is 1. The van der Waals surface area contributed by atoms with Crippen molar-refractivity contribution in [1.82, 2.24) is 9.97 Å². The molecule has 8 heteroatoms. The number of aryl methyl sites for hydroxylation is 2. The number of H-pyrrole nitrogens is 1. The van der Waals surface area contributed by atoms with E-state index in [2.05, 4.69) is 9.97 Å². The zero-order valence-corrected chi connectivity index (χ0v) is 15.9. The number of rotatable bonds is 4. The standard InChI is InChI=1S/C16H16N2O3S3/c1-9-10(2)23-16-14(9)15(19)17-13(18-16)8-22-11-4-6-12(7-5-11)24(3,20)21/h4-7H,8H2,1-3H3,(H,17,18,19). The van der Waals surface area contributed by atoms with Gasteiger partial charge in [0.1, 0.15) is 10.7 Å². The number of thioether (sulfide) groups is 1. The summed E-state index contributed by atoms with van der Waals surface area (Å²) < 4.78 is 22.9. The van der Waals surface area contributed by atoms with E-state index in [0.717, 1.165) is 20.2 Å². The fourth-order valence-electron chi connectivity index (χ4n) is 2.30. The van der Waals surface area contributed by atoms with Crippen LogP contribution in [0, 0.1) is 13.8 Å². The van der Waals surface area contributed by atoms with Crippen LogP contribution in [0.3, 0.4) is 0 Å². The molecule has 3 aromatic rings. The van der Waals surface area contributed by atoms with Crippen LogP contribution in [0.1, 0.15) is 16.3 Å². The van der Waals surface area contributed by atoms with Gasteiger partial charge >= 0.3 is 0 Å². The zero-order chi connectivity index (χ0) is 17.5. The molecule has 2 aromatic heterocycles. The number of sulfone groups is 1. The molecule has 0 saturated heterocycles. The number of fused-ring (bicyclic) bond motifs is 1. The third-order valence-electron chi connectivity index (χ3n) is 3.72. The summed E-state index contributed by atoms with van der Waals surface area (Å²) in [5, 5.41) is 0.670. The molecule has 0 unspecified atom stereocenters. The molecule has 0 aliphatic heterocycles. The average molecular weight is 381 g/mol. The zero-order valence-electron chi connectivity index (χ0n) is 13.4. The molecule has 0 bridgehead atoms. The normalized spacial score (nSPS) is 12.0. The molecule has 0 saturated carbocycles. The van der Waals surface area contributed by atoms with Crippen LogP contribution in [0.2, 0.25) is 0 Å². The smallest absolute Gasteiger partial charge is 0.259 e. The molecule has 0 fully saturated rings. The number of nitrogens with one attached hydrogen (secondary N) is 1. The van der Waals surface area contributed by atoms with Crippen molar-refractivity contribution >= 4 is 43.2 Å². The third kappa shape index (κ3) is 3.40. The molecule has 0 radical (unpaired) electrons. The topological polar surface area (TPSA) is 79.9 Å². The minimum atomic E-state index is -3.19. The van der Waals surface area contributed by atoms with Crippen LogP contribution in [0.5, 0.6) is 0 Å². The number of benzene rings is 1. The van der Waals surface area contributed by atoms with Gasteiger partial charge in [-0.25, -0.2) is 13.4 Å². The maximum absolute atomic E-state index is 12.2. The van der Waals surface area contributed by atoms with E-state index in [-0.39, 0.29) is 5.56 Å². The lowest BCUT2D eigenvalue weighted by atomic mass is 10.2. The lowest BCUT2D eigenvalue weighted by Crippen LogP contribution is -2.10. The molecular weight excluding hydrogens is 364 g/mol. The number of hydrogen-bond acceptors (Lipinski definition) is 6. The van der Waals surface area contributed by atoms with Gasteiger partial charge in [0, 0.05) is 16.0 Å². The van der Waals surface area contributed by atoms with Crippen molar-refractivity contribution in [3.05, 3.63) is 50.9 Å². The van der Waals surface area contributed by atoms with E-state index in [1.165, 1.54) is 29.4 Å². The number of aromatic nitrogens is 2. The first-order valence-electron chi connectivity index (χ1n) is 7.17. The predicted octanol–water partition coefficient (Wildman–Crippen LogP) is 3.30. The van der Waals surface area contributed by atoms with E-state index in [4.69, 9.17) is 0 Å². The van der Waals surface area contributed by atoms with Crippen molar-refractivity contribution in [1.29, 1.82) is 0 Å². The first kappa shape index (κ1) is 17.2. The van der Waals surface area contributed by atoms with Gasteiger partial charge < -0.3 is 4.98 Å². The summed E-state index contributed by atoms with van der Waals surface area (Å²) in [7, 11) is -3.19. The van der Waals surface area contributed by atoms with E-state index in [0.29, 0.717) is 21.9 Å². The molecular formula is C16H16N2O3S3. The van der Waals surface area contributed by atoms with Crippen molar-refractivity contribution in [2.75, 3.05) is 6.26 Å². The Morgan fingerprint density at radius 2 is 1.88 bits per heavy atom. The molecule has 0 amide bonds. The van der Waals surface area contributed by atoms with E-state index in [1.54, 1.807) is 24.3 Å². The van der Waals surface area contributed by atoms with Crippen molar-refractivity contribution in [3.8, 4) is 0 Å². The second-order valence-electron chi connectivity index (χ2n) is 5.51. The van der Waals surface area contributed by atoms with E-state index in [1.807, 2.05) is 13.8 Å². The Labute approximate surface area is 148 Å². The van der Waals surface area contributed by atoms with Gasteiger partial charge in [0.25, 0.3) is 5.56 Å². The molecule has 5 nitrogen and oxygen atoms in total. The maximum atomic E-state index is 12.2. The summed E-state index contributed by atoms with van der Waals surface area (Å²) in [6.45, 7) is 3.92. The molecule has 0 aliphatic rings. The van der Waals surface area contributed by atoms with Crippen LogP contribution in [-0.4, -0.2) is 24.6 Å². The summed E-state index contributed by atoms with van der Waals surface area (Å²) >= 11 is 3.02. The van der Waals surface area contributed by atoms with Crippen LogP contribution >= 0.6 is 23.1 Å². The van der Waals surface area contributed by atoms with E-state index in [9.17, 15) is 13.2 Å². The highest BCUT2D eigenvalue weighted by Crippen LogP contribution is 2.27. The van der Waals surface area contributed by atoms with Crippen LogP contribution in [0.4, 0.5) is 0 Å². The fraction of sp³-hybridized carbons (Fsp3) is 0.250. The second-order valence-corrected chi connectivity index (χ2v) is 9.78. The minimum Gasteiger partial charge on any atom is -0.309 e. The van der Waals surface area contributed by atoms with Crippen LogP contribution in [0.25, 0.3) is 10.2 Å². The highest BCUT2D eigenvalue weighted by molar-refractivity contribution is 7.98. The Hall–Kier alpha value is -1.64. The molecule has 0 spiro atoms. The van der Waals surface area contributed by atoms with Gasteiger partial charge in [-0.05, 0) is 43.7 Å². The third-order valence-corrected chi connectivity index (χ3v) is 6.97. The predicted molar refractivity (Wildman–Crippen MR) is 98.8 cm³/mol. The Balaban J connectivity index is 1.82. The first-order valence-corrected chi connectivity index (χ1v) is 10.9. The lowest BCUT2D eigenvalue weighted by molar-refractivity contribution is 0.602. The summed E-state index contributed by atoms with van der Waals surface area (Å²) in [6, 6.07) is 6.69. The van der Waals surface area contributed by atoms with Crippen molar-refractivity contribution in [2.45, 2.75) is 29.4 Å². The molecule has 24 heavy (non-hydrogen) atoms. The van der Waals surface area contributed by atoms with Gasteiger partial charge in [-0.1, -0.05) is 0 Å². The van der Waals surface area contributed by atoms with Gasteiger partial charge in [0.2, 0.25) is 0 Å². The molecule has 3 rings (SSSR count). The number of thiophene rings is 1. The Morgan fingerprint density at radius 1 is 1.21 bits per heavy atom. The Morgan fingerprint density at radius 3 is 2.50 bits per heavy atom. The van der Waals surface area contributed by atoms with Crippen LogP contribution in [0.15, 0.2) is 38.9 Å². The monoisotopic (exact) mass is 380 g/mol. The summed E-state index contributed by atoms with van der Waals surface area (Å²) in [4.78, 5) is 22.7. The Kier molecular flexibility index (Phi) is 4.54. The SMILES string of the molecule is Cc1sc2nc(CSc3ccc(S(C)(=O)=O)cc3)[nH]c(=O)c2c1C. The summed E-state index contributed by atoms with van der Waals surface area (Å²) in [5.74, 6) is 1.13. The molecule has 0 atom stereocenters. The quantitative estimate of drug-likeness (QED) is 0.703. The average Bonchev–Trinajstić information content (AvgIpc) is 2.80. The fourth-order valence-corrected chi connectivity index (χ4v) is 4.75. The highest BCUT2D eigenvalue weighted by Gasteiger charge is 2.12. The maximum Gasteiger partial charge on any atom is 0.259 e.